The molecule has 0 heterocycles. The number of rotatable bonds is 60. The minimum atomic E-state index is -4.59. The van der Waals surface area contributed by atoms with E-state index in [0.29, 0.717) is 17.4 Å². The summed E-state index contributed by atoms with van der Waals surface area (Å²) in [7, 11) is 1.27. The molecule has 9 heteroatoms. The lowest BCUT2D eigenvalue weighted by atomic mass is 10.0. The van der Waals surface area contributed by atoms with E-state index in [4.69, 9.17) is 9.05 Å². The maximum Gasteiger partial charge on any atom is 0.268 e. The number of carbonyl (C=O) groups is 1. The summed E-state index contributed by atoms with van der Waals surface area (Å²) in [5.74, 6) is -0.192. The van der Waals surface area contributed by atoms with Gasteiger partial charge >= 0.3 is 0 Å². The number of nitrogens with one attached hydrogen (secondary N) is 1. The number of nitrogens with zero attached hydrogens (tertiary/aromatic N) is 1. The van der Waals surface area contributed by atoms with Gasteiger partial charge in [0.1, 0.15) is 13.2 Å². The third kappa shape index (κ3) is 58.5. The molecule has 0 radical (unpaired) electrons. The van der Waals surface area contributed by atoms with Crippen molar-refractivity contribution >= 4 is 13.7 Å². The van der Waals surface area contributed by atoms with Crippen LogP contribution in [-0.2, 0) is 18.4 Å². The summed E-state index contributed by atoms with van der Waals surface area (Å²) >= 11 is 0. The fraction of sp³-hybridized carbons (Fsp3) is 0.922. The largest absolute Gasteiger partial charge is 0.756 e. The van der Waals surface area contributed by atoms with E-state index < -0.39 is 20.0 Å². The molecular weight excluding hydrogens is 924 g/mol. The Morgan fingerprint density at radius 1 is 0.466 bits per heavy atom. The smallest absolute Gasteiger partial charge is 0.268 e. The van der Waals surface area contributed by atoms with Gasteiger partial charge in [0.25, 0.3) is 7.82 Å². The second-order valence-corrected chi connectivity index (χ2v) is 24.9. The van der Waals surface area contributed by atoms with Crippen molar-refractivity contribution in [3.8, 4) is 0 Å². The number of aliphatic hydroxyl groups excluding tert-OH is 1. The lowest BCUT2D eigenvalue weighted by Gasteiger charge is -2.29. The zero-order chi connectivity index (χ0) is 53.5. The van der Waals surface area contributed by atoms with Crippen LogP contribution in [0.4, 0.5) is 0 Å². The van der Waals surface area contributed by atoms with Gasteiger partial charge in [0.2, 0.25) is 5.91 Å². The Kier molecular flexibility index (Phi) is 54.9. The van der Waals surface area contributed by atoms with E-state index in [0.717, 1.165) is 38.5 Å². The summed E-state index contributed by atoms with van der Waals surface area (Å²) < 4.78 is 23.3. The monoisotopic (exact) mass is 1050 g/mol. The third-order valence-corrected chi connectivity index (χ3v) is 15.9. The number of unbranched alkanes of at least 4 members (excludes halogenated alkanes) is 45. The van der Waals surface area contributed by atoms with E-state index in [1.54, 1.807) is 6.08 Å². The van der Waals surface area contributed by atoms with Crippen LogP contribution in [0.2, 0.25) is 0 Å². The first-order valence-corrected chi connectivity index (χ1v) is 33.7. The number of hydrogen-bond donors (Lipinski definition) is 2. The van der Waals surface area contributed by atoms with E-state index in [1.807, 2.05) is 27.2 Å². The molecule has 3 unspecified atom stereocenters. The summed E-state index contributed by atoms with van der Waals surface area (Å²) in [5.41, 5.74) is 0. The van der Waals surface area contributed by atoms with Crippen LogP contribution in [0.25, 0.3) is 0 Å². The van der Waals surface area contributed by atoms with Gasteiger partial charge in [-0.15, -0.1) is 0 Å². The molecule has 0 spiro atoms. The number of carbonyl (C=O) groups excluding carboxylic acids is 1. The molecule has 0 saturated carbocycles. The Bertz CT molecular complexity index is 1240. The molecule has 0 fully saturated rings. The van der Waals surface area contributed by atoms with Crippen molar-refractivity contribution in [3.05, 3.63) is 24.3 Å². The maximum atomic E-state index is 13.0. The number of likely N-dealkylation sites (N-methyl/N-ethyl adjacent to an activating group) is 1. The molecule has 73 heavy (non-hydrogen) atoms. The van der Waals surface area contributed by atoms with Crippen molar-refractivity contribution in [1.82, 2.24) is 5.32 Å². The van der Waals surface area contributed by atoms with Crippen molar-refractivity contribution in [2.45, 2.75) is 341 Å². The molecular formula is C64H127N2O6P. The molecule has 0 aromatic heterocycles. The Balaban J connectivity index is 3.91. The van der Waals surface area contributed by atoms with Crippen LogP contribution in [-0.4, -0.2) is 68.5 Å². The predicted molar refractivity (Wildman–Crippen MR) is 316 cm³/mol. The molecule has 0 aliphatic carbocycles. The van der Waals surface area contributed by atoms with Gasteiger partial charge in [-0.25, -0.2) is 0 Å². The van der Waals surface area contributed by atoms with E-state index in [2.05, 4.69) is 31.3 Å². The van der Waals surface area contributed by atoms with Crippen molar-refractivity contribution in [3.63, 3.8) is 0 Å². The van der Waals surface area contributed by atoms with E-state index in [1.165, 1.54) is 270 Å². The molecule has 0 aromatic carbocycles. The molecule has 0 rings (SSSR count). The molecule has 434 valence electrons. The van der Waals surface area contributed by atoms with Crippen molar-refractivity contribution < 1.29 is 32.9 Å². The highest BCUT2D eigenvalue weighted by molar-refractivity contribution is 7.45. The first kappa shape index (κ1) is 72.0. The van der Waals surface area contributed by atoms with Crippen LogP contribution in [0.3, 0.4) is 0 Å². The van der Waals surface area contributed by atoms with Gasteiger partial charge < -0.3 is 28.8 Å². The lowest BCUT2D eigenvalue weighted by Crippen LogP contribution is -2.45. The number of phosphoric ester groups is 1. The first-order valence-electron chi connectivity index (χ1n) is 32.2. The molecule has 3 atom stereocenters. The minimum absolute atomic E-state index is 0.00133. The maximum absolute atomic E-state index is 13.0. The van der Waals surface area contributed by atoms with Gasteiger partial charge in [-0.1, -0.05) is 301 Å². The molecule has 8 nitrogen and oxygen atoms in total. The second kappa shape index (κ2) is 55.7. The highest BCUT2D eigenvalue weighted by Crippen LogP contribution is 2.38. The van der Waals surface area contributed by atoms with Crippen LogP contribution < -0.4 is 10.2 Å². The Morgan fingerprint density at radius 3 is 1.07 bits per heavy atom. The molecule has 0 bridgehead atoms. The number of allylic oxidation sites excluding steroid dienone is 3. The average molecular weight is 1050 g/mol. The summed E-state index contributed by atoms with van der Waals surface area (Å²) in [6, 6.07) is -0.883. The summed E-state index contributed by atoms with van der Waals surface area (Å²) in [4.78, 5) is 25.5. The molecule has 0 aromatic rings. The predicted octanol–water partition coefficient (Wildman–Crippen LogP) is 19.3. The number of phosphoric acid groups is 1. The summed E-state index contributed by atoms with van der Waals surface area (Å²) in [6.07, 6.45) is 71.5. The molecule has 1 amide bonds. The summed E-state index contributed by atoms with van der Waals surface area (Å²) in [5, 5.41) is 13.9. The number of quaternary nitrogens is 1. The Morgan fingerprint density at radius 2 is 0.753 bits per heavy atom. The average Bonchev–Trinajstić information content (AvgIpc) is 3.35. The van der Waals surface area contributed by atoms with E-state index in [-0.39, 0.29) is 19.1 Å². The lowest BCUT2D eigenvalue weighted by molar-refractivity contribution is -0.870. The normalized spacial score (nSPS) is 13.9. The molecule has 0 aliphatic rings. The van der Waals surface area contributed by atoms with Gasteiger partial charge in [0, 0.05) is 6.42 Å². The number of hydrogen-bond acceptors (Lipinski definition) is 6. The van der Waals surface area contributed by atoms with Gasteiger partial charge in [-0.05, 0) is 44.9 Å². The van der Waals surface area contributed by atoms with Crippen LogP contribution >= 0.6 is 7.82 Å². The zero-order valence-corrected chi connectivity index (χ0v) is 50.5. The second-order valence-electron chi connectivity index (χ2n) is 23.5. The quantitative estimate of drug-likeness (QED) is 0.0272. The molecule has 0 aliphatic heterocycles. The number of aliphatic hydroxyl groups is 1. The molecule has 0 saturated heterocycles. The fourth-order valence-electron chi connectivity index (χ4n) is 9.86. The SMILES string of the molecule is CCCCCCCCCCCCCC/C=C/C(O)C(COP(=O)([O-])OCC[N+](C)(C)C)NC(=O)CCCCCCCCCCCCCCCCCCC/C=C\CCCCCCCCCCCCCCCCCC. The van der Waals surface area contributed by atoms with Crippen LogP contribution in [0, 0.1) is 0 Å². The standard InChI is InChI=1S/C64H127N2O6P/c1-6-8-10-12-14-16-18-20-22-23-24-25-26-27-28-29-30-31-32-33-34-35-36-37-38-39-40-41-42-43-44-46-48-50-52-54-56-58-64(68)65-62(61-72-73(69,70)71-60-59-66(3,4)5)63(67)57-55-53-51-49-47-45-21-19-17-15-13-11-9-7-2/h31-32,55,57,62-63,67H,6-30,33-54,56,58-61H2,1-5H3,(H-,65,68,69,70)/b32-31-,57-55+. The fourth-order valence-corrected chi connectivity index (χ4v) is 10.6. The van der Waals surface area contributed by atoms with Gasteiger partial charge in [0.05, 0.1) is 39.9 Å². The van der Waals surface area contributed by atoms with Gasteiger partial charge in [-0.3, -0.25) is 9.36 Å². The zero-order valence-electron chi connectivity index (χ0n) is 49.6. The van der Waals surface area contributed by atoms with Gasteiger partial charge in [0.15, 0.2) is 0 Å². The summed E-state index contributed by atoms with van der Waals surface area (Å²) in [6.45, 7) is 4.69. The topological polar surface area (TPSA) is 108 Å². The third-order valence-electron chi connectivity index (χ3n) is 14.9. The van der Waals surface area contributed by atoms with Crippen molar-refractivity contribution in [2.24, 2.45) is 0 Å². The highest BCUT2D eigenvalue weighted by atomic mass is 31.2. The molecule has 2 N–H and O–H groups in total. The van der Waals surface area contributed by atoms with Crippen molar-refractivity contribution in [1.29, 1.82) is 0 Å². The van der Waals surface area contributed by atoms with Crippen molar-refractivity contribution in [2.75, 3.05) is 40.9 Å². The van der Waals surface area contributed by atoms with Crippen LogP contribution in [0.5, 0.6) is 0 Å². The Labute approximate surface area is 455 Å². The van der Waals surface area contributed by atoms with Crippen LogP contribution in [0.15, 0.2) is 24.3 Å². The first-order chi connectivity index (χ1) is 35.5. The van der Waals surface area contributed by atoms with Crippen LogP contribution in [0.1, 0.15) is 328 Å². The van der Waals surface area contributed by atoms with E-state index >= 15 is 0 Å². The minimum Gasteiger partial charge on any atom is -0.756 e. The van der Waals surface area contributed by atoms with Gasteiger partial charge in [-0.2, -0.15) is 0 Å². The highest BCUT2D eigenvalue weighted by Gasteiger charge is 2.23. The van der Waals surface area contributed by atoms with E-state index in [9.17, 15) is 19.4 Å². The number of amides is 1. The Hall–Kier alpha value is -1.02.